The third-order valence-electron chi connectivity index (χ3n) is 4.28. The van der Waals surface area contributed by atoms with Gasteiger partial charge in [-0.25, -0.2) is 14.6 Å². The lowest BCUT2D eigenvalue weighted by atomic mass is 10.2. The first kappa shape index (κ1) is 14.7. The van der Waals surface area contributed by atoms with E-state index in [4.69, 9.17) is 5.26 Å². The first-order valence-electron chi connectivity index (χ1n) is 7.85. The van der Waals surface area contributed by atoms with Crippen molar-refractivity contribution in [2.75, 3.05) is 25.0 Å². The van der Waals surface area contributed by atoms with Gasteiger partial charge in [-0.1, -0.05) is 6.92 Å². The number of likely N-dealkylation sites (N-methyl/N-ethyl adjacent to an activating group) is 1. The molecule has 1 fully saturated rings. The lowest BCUT2D eigenvalue weighted by Gasteiger charge is -2.23. The molecule has 0 saturated carbocycles. The standard InChI is InChI=1S/C15H21N7/c1-2-21-7-3-5-12(21)9-17-14-13-10-20-22(8-4-6-16)15(13)19-11-18-14/h10-12H,2-5,7-9H2,1H3,(H,17,18,19). The Morgan fingerprint density at radius 2 is 2.36 bits per heavy atom. The van der Waals surface area contributed by atoms with Gasteiger partial charge < -0.3 is 5.32 Å². The molecule has 116 valence electrons. The molecule has 7 nitrogen and oxygen atoms in total. The average Bonchev–Trinajstić information content (AvgIpc) is 3.17. The Bertz CT molecular complexity index is 672. The Kier molecular flexibility index (Phi) is 4.49. The second-order valence-corrected chi connectivity index (χ2v) is 5.54. The lowest BCUT2D eigenvalue weighted by molar-refractivity contribution is 0.277. The molecular formula is C15H21N7. The van der Waals surface area contributed by atoms with Crippen LogP contribution in [0.3, 0.4) is 0 Å². The lowest BCUT2D eigenvalue weighted by Crippen LogP contribution is -2.34. The van der Waals surface area contributed by atoms with Crippen LogP contribution in [-0.2, 0) is 6.54 Å². The Labute approximate surface area is 130 Å². The van der Waals surface area contributed by atoms with Crippen LogP contribution in [0.15, 0.2) is 12.5 Å². The molecule has 1 unspecified atom stereocenters. The highest BCUT2D eigenvalue weighted by Gasteiger charge is 2.23. The van der Waals surface area contributed by atoms with E-state index < -0.39 is 0 Å². The van der Waals surface area contributed by atoms with E-state index in [1.807, 2.05) is 0 Å². The van der Waals surface area contributed by atoms with Crippen molar-refractivity contribution in [2.24, 2.45) is 0 Å². The Morgan fingerprint density at radius 3 is 3.18 bits per heavy atom. The fourth-order valence-electron chi connectivity index (χ4n) is 3.11. The number of fused-ring (bicyclic) bond motifs is 1. The average molecular weight is 299 g/mol. The van der Waals surface area contributed by atoms with Crippen LogP contribution in [-0.4, -0.2) is 50.3 Å². The minimum Gasteiger partial charge on any atom is -0.368 e. The van der Waals surface area contributed by atoms with Crippen LogP contribution < -0.4 is 5.32 Å². The number of rotatable bonds is 6. The number of nitrogens with zero attached hydrogens (tertiary/aromatic N) is 6. The molecule has 0 radical (unpaired) electrons. The molecule has 1 atom stereocenters. The van der Waals surface area contributed by atoms with Crippen molar-refractivity contribution in [3.8, 4) is 6.07 Å². The molecule has 0 amide bonds. The predicted molar refractivity (Wildman–Crippen MR) is 84.3 cm³/mol. The summed E-state index contributed by atoms with van der Waals surface area (Å²) in [7, 11) is 0. The normalized spacial score (nSPS) is 18.6. The summed E-state index contributed by atoms with van der Waals surface area (Å²) in [6, 6.07) is 2.71. The second kappa shape index (κ2) is 6.71. The number of aromatic nitrogens is 4. The van der Waals surface area contributed by atoms with Gasteiger partial charge in [-0.05, 0) is 25.9 Å². The number of anilines is 1. The number of nitrogens with one attached hydrogen (secondary N) is 1. The first-order valence-corrected chi connectivity index (χ1v) is 7.85. The van der Waals surface area contributed by atoms with E-state index in [9.17, 15) is 0 Å². The van der Waals surface area contributed by atoms with E-state index in [1.54, 1.807) is 17.2 Å². The van der Waals surface area contributed by atoms with Crippen LogP contribution in [0, 0.1) is 11.3 Å². The van der Waals surface area contributed by atoms with Crippen molar-refractivity contribution >= 4 is 16.9 Å². The van der Waals surface area contributed by atoms with Gasteiger partial charge in [0.1, 0.15) is 12.1 Å². The number of aryl methyl sites for hydroxylation is 1. The summed E-state index contributed by atoms with van der Waals surface area (Å²) in [6.45, 7) is 5.94. The van der Waals surface area contributed by atoms with Gasteiger partial charge in [0.05, 0.1) is 30.6 Å². The summed E-state index contributed by atoms with van der Waals surface area (Å²) in [5.41, 5.74) is 0.784. The summed E-state index contributed by atoms with van der Waals surface area (Å²) in [4.78, 5) is 11.2. The highest BCUT2D eigenvalue weighted by Crippen LogP contribution is 2.21. The van der Waals surface area contributed by atoms with Gasteiger partial charge >= 0.3 is 0 Å². The summed E-state index contributed by atoms with van der Waals surface area (Å²) in [5, 5.41) is 17.4. The Hall–Kier alpha value is -2.20. The van der Waals surface area contributed by atoms with Crippen molar-refractivity contribution in [1.82, 2.24) is 24.6 Å². The minimum atomic E-state index is 0.428. The SMILES string of the molecule is CCN1CCCC1CNc1ncnc2c1cnn2CCC#N. The molecular weight excluding hydrogens is 278 g/mol. The molecule has 0 spiro atoms. The molecule has 1 saturated heterocycles. The second-order valence-electron chi connectivity index (χ2n) is 5.54. The van der Waals surface area contributed by atoms with E-state index in [0.29, 0.717) is 19.0 Å². The summed E-state index contributed by atoms with van der Waals surface area (Å²) in [6.07, 6.45) is 6.27. The monoisotopic (exact) mass is 299 g/mol. The molecule has 0 bridgehead atoms. The zero-order valence-electron chi connectivity index (χ0n) is 12.9. The van der Waals surface area contributed by atoms with Gasteiger partial charge in [-0.3, -0.25) is 4.90 Å². The van der Waals surface area contributed by atoms with E-state index in [1.165, 1.54) is 19.4 Å². The molecule has 0 aliphatic carbocycles. The van der Waals surface area contributed by atoms with Gasteiger partial charge in [0, 0.05) is 12.6 Å². The van der Waals surface area contributed by atoms with Crippen LogP contribution in [0.2, 0.25) is 0 Å². The molecule has 2 aromatic heterocycles. The number of nitriles is 1. The fourth-order valence-corrected chi connectivity index (χ4v) is 3.11. The van der Waals surface area contributed by atoms with E-state index in [2.05, 4.69) is 38.3 Å². The topological polar surface area (TPSA) is 82.7 Å². The van der Waals surface area contributed by atoms with E-state index >= 15 is 0 Å². The largest absolute Gasteiger partial charge is 0.368 e. The maximum Gasteiger partial charge on any atom is 0.163 e. The minimum absolute atomic E-state index is 0.428. The van der Waals surface area contributed by atoms with E-state index in [-0.39, 0.29) is 0 Å². The summed E-state index contributed by atoms with van der Waals surface area (Å²) in [5.74, 6) is 0.830. The molecule has 22 heavy (non-hydrogen) atoms. The maximum absolute atomic E-state index is 8.70. The van der Waals surface area contributed by atoms with Crippen molar-refractivity contribution in [3.63, 3.8) is 0 Å². The molecule has 1 aliphatic heterocycles. The van der Waals surface area contributed by atoms with Crippen LogP contribution >= 0.6 is 0 Å². The molecule has 0 aromatic carbocycles. The summed E-state index contributed by atoms with van der Waals surface area (Å²) < 4.78 is 1.76. The van der Waals surface area contributed by atoms with Gasteiger partial charge in [0.25, 0.3) is 0 Å². The Balaban J connectivity index is 1.74. The number of hydrogen-bond donors (Lipinski definition) is 1. The molecule has 2 aromatic rings. The van der Waals surface area contributed by atoms with Crippen molar-refractivity contribution in [2.45, 2.75) is 38.8 Å². The van der Waals surface area contributed by atoms with Gasteiger partial charge in [0.15, 0.2) is 5.65 Å². The predicted octanol–water partition coefficient (Wildman–Crippen LogP) is 1.64. The highest BCUT2D eigenvalue weighted by molar-refractivity contribution is 5.86. The smallest absolute Gasteiger partial charge is 0.163 e. The third kappa shape index (κ3) is 2.88. The van der Waals surface area contributed by atoms with E-state index in [0.717, 1.165) is 29.9 Å². The molecule has 1 N–H and O–H groups in total. The number of hydrogen-bond acceptors (Lipinski definition) is 6. The van der Waals surface area contributed by atoms with Crippen molar-refractivity contribution in [1.29, 1.82) is 5.26 Å². The van der Waals surface area contributed by atoms with Crippen LogP contribution in [0.4, 0.5) is 5.82 Å². The van der Waals surface area contributed by atoms with Gasteiger partial charge in [0.2, 0.25) is 0 Å². The van der Waals surface area contributed by atoms with Crippen molar-refractivity contribution in [3.05, 3.63) is 12.5 Å². The molecule has 1 aliphatic rings. The number of likely N-dealkylation sites (tertiary alicyclic amines) is 1. The van der Waals surface area contributed by atoms with Crippen LogP contribution in [0.25, 0.3) is 11.0 Å². The highest BCUT2D eigenvalue weighted by atomic mass is 15.3. The first-order chi connectivity index (χ1) is 10.8. The van der Waals surface area contributed by atoms with Gasteiger partial charge in [-0.2, -0.15) is 10.4 Å². The van der Waals surface area contributed by atoms with Crippen molar-refractivity contribution < 1.29 is 0 Å². The summed E-state index contributed by atoms with van der Waals surface area (Å²) >= 11 is 0. The zero-order valence-corrected chi connectivity index (χ0v) is 12.9. The third-order valence-corrected chi connectivity index (χ3v) is 4.28. The molecule has 3 rings (SSSR count). The zero-order chi connectivity index (χ0) is 15.4. The molecule has 3 heterocycles. The van der Waals surface area contributed by atoms with Gasteiger partial charge in [-0.15, -0.1) is 0 Å². The maximum atomic E-state index is 8.70. The fraction of sp³-hybridized carbons (Fsp3) is 0.600. The van der Waals surface area contributed by atoms with Crippen LogP contribution in [0.5, 0.6) is 0 Å². The Morgan fingerprint density at radius 1 is 1.45 bits per heavy atom. The molecule has 7 heteroatoms. The van der Waals surface area contributed by atoms with Crippen LogP contribution in [0.1, 0.15) is 26.2 Å². The quantitative estimate of drug-likeness (QED) is 0.873.